The molecule has 2 N–H and O–H groups in total. The lowest BCUT2D eigenvalue weighted by molar-refractivity contribution is 0.246. The largest absolute Gasteiger partial charge is 0.490 e. The van der Waals surface area contributed by atoms with Gasteiger partial charge in [0.15, 0.2) is 11.5 Å². The van der Waals surface area contributed by atoms with Crippen molar-refractivity contribution in [1.29, 1.82) is 0 Å². The van der Waals surface area contributed by atoms with Crippen LogP contribution in [0.25, 0.3) is 10.6 Å². The number of nitrogens with one attached hydrogen (secondary N) is 2. The van der Waals surface area contributed by atoms with E-state index in [9.17, 15) is 4.79 Å². The van der Waals surface area contributed by atoms with E-state index in [4.69, 9.17) is 14.2 Å². The van der Waals surface area contributed by atoms with Gasteiger partial charge in [-0.3, -0.25) is 0 Å². The van der Waals surface area contributed by atoms with Gasteiger partial charge in [-0.2, -0.15) is 0 Å². The lowest BCUT2D eigenvalue weighted by Gasteiger charge is -2.13. The summed E-state index contributed by atoms with van der Waals surface area (Å²) in [6.07, 6.45) is 0. The number of carbonyl (C=O) groups is 1. The average Bonchev–Trinajstić information content (AvgIpc) is 3.29. The second-order valence-corrected chi connectivity index (χ2v) is 6.94. The smallest absolute Gasteiger partial charge is 0.319 e. The van der Waals surface area contributed by atoms with Gasteiger partial charge in [-0.05, 0) is 43.5 Å². The molecule has 0 bridgehead atoms. The van der Waals surface area contributed by atoms with Gasteiger partial charge in [0.2, 0.25) is 5.88 Å². The van der Waals surface area contributed by atoms with E-state index in [1.54, 1.807) is 35.6 Å². The van der Waals surface area contributed by atoms with E-state index in [1.807, 2.05) is 37.4 Å². The third kappa shape index (κ3) is 6.08. The topological polar surface area (TPSA) is 94.6 Å². The van der Waals surface area contributed by atoms with Gasteiger partial charge in [0.25, 0.3) is 0 Å². The Morgan fingerprint density at radius 2 is 1.83 bits per heavy atom. The molecule has 0 saturated heterocycles. The monoisotopic (exact) mass is 428 g/mol. The summed E-state index contributed by atoms with van der Waals surface area (Å²) < 4.78 is 16.6. The number of thiophene rings is 1. The van der Waals surface area contributed by atoms with E-state index in [0.29, 0.717) is 42.8 Å². The summed E-state index contributed by atoms with van der Waals surface area (Å²) in [4.78, 5) is 13.2. The fourth-order valence-electron chi connectivity index (χ4n) is 2.58. The number of nitrogens with zero attached hydrogens (tertiary/aromatic N) is 2. The van der Waals surface area contributed by atoms with Crippen LogP contribution < -0.4 is 24.8 Å². The first kappa shape index (κ1) is 21.4. The van der Waals surface area contributed by atoms with Crippen LogP contribution in [0.4, 0.5) is 10.5 Å². The zero-order chi connectivity index (χ0) is 21.2. The summed E-state index contributed by atoms with van der Waals surface area (Å²) in [6.45, 7) is 5.42. The lowest BCUT2D eigenvalue weighted by atomic mass is 10.2. The number of aromatic nitrogens is 2. The fourth-order valence-corrected chi connectivity index (χ4v) is 3.27. The Hall–Kier alpha value is -3.33. The minimum atomic E-state index is -0.343. The summed E-state index contributed by atoms with van der Waals surface area (Å²) in [5.74, 6) is 1.64. The van der Waals surface area contributed by atoms with E-state index in [2.05, 4.69) is 20.8 Å². The second kappa shape index (κ2) is 11.0. The highest BCUT2D eigenvalue weighted by molar-refractivity contribution is 7.13. The number of amides is 2. The Bertz CT molecular complexity index is 933. The Kier molecular flexibility index (Phi) is 7.85. The SMILES string of the molecule is CCOc1ccc(NC(=O)NCCOc2ccc(-c3cccs3)nn2)cc1OCC. The first-order valence-corrected chi connectivity index (χ1v) is 10.5. The number of urea groups is 1. The average molecular weight is 429 g/mol. The van der Waals surface area contributed by atoms with Crippen molar-refractivity contribution in [3.8, 4) is 28.0 Å². The highest BCUT2D eigenvalue weighted by Gasteiger charge is 2.08. The predicted molar refractivity (Wildman–Crippen MR) is 117 cm³/mol. The van der Waals surface area contributed by atoms with Crippen molar-refractivity contribution in [3.05, 3.63) is 47.8 Å². The number of benzene rings is 1. The molecule has 3 aromatic rings. The lowest BCUT2D eigenvalue weighted by Crippen LogP contribution is -2.32. The van der Waals surface area contributed by atoms with Crippen molar-refractivity contribution in [1.82, 2.24) is 15.5 Å². The molecule has 0 aliphatic heterocycles. The van der Waals surface area contributed by atoms with Crippen LogP contribution >= 0.6 is 11.3 Å². The van der Waals surface area contributed by atoms with E-state index in [0.717, 1.165) is 10.6 Å². The molecule has 158 valence electrons. The molecule has 0 saturated carbocycles. The predicted octanol–water partition coefficient (Wildman–Crippen LogP) is 4.20. The minimum absolute atomic E-state index is 0.272. The van der Waals surface area contributed by atoms with Crippen LogP contribution in [-0.2, 0) is 0 Å². The molecule has 2 heterocycles. The van der Waals surface area contributed by atoms with E-state index in [-0.39, 0.29) is 12.6 Å². The van der Waals surface area contributed by atoms with Crippen LogP contribution in [0.5, 0.6) is 17.4 Å². The number of anilines is 1. The van der Waals surface area contributed by atoms with Crippen LogP contribution in [0.2, 0.25) is 0 Å². The molecule has 1 aromatic carbocycles. The molecule has 2 amide bonds. The van der Waals surface area contributed by atoms with Gasteiger partial charge in [0.1, 0.15) is 12.3 Å². The summed E-state index contributed by atoms with van der Waals surface area (Å²) in [5.41, 5.74) is 1.41. The van der Waals surface area contributed by atoms with Gasteiger partial charge in [0, 0.05) is 17.8 Å². The van der Waals surface area contributed by atoms with Crippen LogP contribution in [0.15, 0.2) is 47.8 Å². The zero-order valence-corrected chi connectivity index (χ0v) is 17.7. The van der Waals surface area contributed by atoms with E-state index < -0.39 is 0 Å². The first-order chi connectivity index (χ1) is 14.7. The molecule has 0 aliphatic carbocycles. The summed E-state index contributed by atoms with van der Waals surface area (Å²) in [7, 11) is 0. The number of ether oxygens (including phenoxy) is 3. The van der Waals surface area contributed by atoms with Crippen LogP contribution in [0, 0.1) is 0 Å². The fraction of sp³-hybridized carbons (Fsp3) is 0.286. The molecule has 3 rings (SSSR count). The highest BCUT2D eigenvalue weighted by atomic mass is 32.1. The number of hydrogen-bond acceptors (Lipinski definition) is 7. The van der Waals surface area contributed by atoms with Gasteiger partial charge < -0.3 is 24.8 Å². The molecule has 0 unspecified atom stereocenters. The van der Waals surface area contributed by atoms with Crippen molar-refractivity contribution in [2.75, 3.05) is 31.7 Å². The van der Waals surface area contributed by atoms with Crippen molar-refractivity contribution in [3.63, 3.8) is 0 Å². The molecule has 30 heavy (non-hydrogen) atoms. The number of hydrogen-bond donors (Lipinski definition) is 2. The normalized spacial score (nSPS) is 10.3. The van der Waals surface area contributed by atoms with E-state index >= 15 is 0 Å². The van der Waals surface area contributed by atoms with Crippen LogP contribution in [0.1, 0.15) is 13.8 Å². The Labute approximate surface area is 179 Å². The maximum Gasteiger partial charge on any atom is 0.319 e. The number of carbonyl (C=O) groups excluding carboxylic acids is 1. The van der Waals surface area contributed by atoms with Crippen LogP contribution in [0.3, 0.4) is 0 Å². The van der Waals surface area contributed by atoms with E-state index in [1.165, 1.54) is 0 Å². The molecular weight excluding hydrogens is 404 g/mol. The standard InChI is InChI=1S/C21H24N4O4S/c1-3-27-17-9-7-15(14-18(17)28-4-2)23-21(26)22-11-12-29-20-10-8-16(24-25-20)19-6-5-13-30-19/h5-10,13-14H,3-4,11-12H2,1-2H3,(H2,22,23,26). The van der Waals surface area contributed by atoms with Gasteiger partial charge >= 0.3 is 6.03 Å². The molecule has 2 aromatic heterocycles. The van der Waals surface area contributed by atoms with Gasteiger partial charge in [-0.1, -0.05) is 6.07 Å². The molecular formula is C21H24N4O4S. The molecule has 0 spiro atoms. The quantitative estimate of drug-likeness (QED) is 0.470. The minimum Gasteiger partial charge on any atom is -0.490 e. The summed E-state index contributed by atoms with van der Waals surface area (Å²) in [6, 6.07) is 12.5. The molecule has 9 heteroatoms. The summed E-state index contributed by atoms with van der Waals surface area (Å²) in [5, 5.41) is 15.7. The number of rotatable bonds is 10. The molecule has 0 radical (unpaired) electrons. The molecule has 8 nitrogen and oxygen atoms in total. The Balaban J connectivity index is 1.43. The Morgan fingerprint density at radius 1 is 1.00 bits per heavy atom. The van der Waals surface area contributed by atoms with Gasteiger partial charge in [-0.25, -0.2) is 4.79 Å². The zero-order valence-electron chi connectivity index (χ0n) is 16.9. The Morgan fingerprint density at radius 3 is 2.53 bits per heavy atom. The van der Waals surface area contributed by atoms with Crippen molar-refractivity contribution >= 4 is 23.1 Å². The van der Waals surface area contributed by atoms with Crippen molar-refractivity contribution < 1.29 is 19.0 Å². The second-order valence-electron chi connectivity index (χ2n) is 5.99. The van der Waals surface area contributed by atoms with Crippen molar-refractivity contribution in [2.45, 2.75) is 13.8 Å². The van der Waals surface area contributed by atoms with Gasteiger partial charge in [0.05, 0.1) is 24.6 Å². The van der Waals surface area contributed by atoms with Crippen LogP contribution in [-0.4, -0.2) is 42.6 Å². The summed E-state index contributed by atoms with van der Waals surface area (Å²) >= 11 is 1.60. The molecule has 0 fully saturated rings. The first-order valence-electron chi connectivity index (χ1n) is 9.64. The maximum atomic E-state index is 12.1. The molecule has 0 aliphatic rings. The van der Waals surface area contributed by atoms with Gasteiger partial charge in [-0.15, -0.1) is 21.5 Å². The van der Waals surface area contributed by atoms with Crippen molar-refractivity contribution in [2.24, 2.45) is 0 Å². The molecule has 0 atom stereocenters. The maximum absolute atomic E-state index is 12.1. The highest BCUT2D eigenvalue weighted by Crippen LogP contribution is 2.30. The third-order valence-electron chi connectivity index (χ3n) is 3.85. The third-order valence-corrected chi connectivity index (χ3v) is 4.74.